The van der Waals surface area contributed by atoms with E-state index in [1.807, 2.05) is 0 Å². The molecular weight excluding hydrogens is 204 g/mol. The number of carboxylic acids is 1. The molecule has 4 nitrogen and oxygen atoms in total. The van der Waals surface area contributed by atoms with Crippen LogP contribution in [0, 0.1) is 6.92 Å². The molecule has 0 unspecified atom stereocenters. The van der Waals surface area contributed by atoms with E-state index in [2.05, 4.69) is 9.97 Å². The van der Waals surface area contributed by atoms with Crippen LogP contribution < -0.4 is 0 Å². The zero-order chi connectivity index (χ0) is 10.3. The summed E-state index contributed by atoms with van der Waals surface area (Å²) in [5.41, 5.74) is 1.46. The van der Waals surface area contributed by atoms with Gasteiger partial charge in [0.05, 0.1) is 5.69 Å². The second kappa shape index (κ2) is 3.20. The van der Waals surface area contributed by atoms with Gasteiger partial charge in [-0.1, -0.05) is 0 Å². The van der Waals surface area contributed by atoms with Crippen molar-refractivity contribution in [2.45, 2.75) is 25.7 Å². The van der Waals surface area contributed by atoms with Crippen molar-refractivity contribution in [1.82, 2.24) is 9.97 Å². The lowest BCUT2D eigenvalue weighted by atomic mass is 10.1. The summed E-state index contributed by atoms with van der Waals surface area (Å²) in [6.07, 6.45) is 2.13. The highest BCUT2D eigenvalue weighted by Gasteiger charge is 2.29. The number of carboxylic acid groups (broad SMARTS) is 1. The number of aromatic carboxylic acids is 1. The summed E-state index contributed by atoms with van der Waals surface area (Å²) in [6.45, 7) is 1.73. The average Bonchev–Trinajstić information content (AvgIpc) is 2.91. The van der Waals surface area contributed by atoms with E-state index < -0.39 is 5.97 Å². The third-order valence-electron chi connectivity index (χ3n) is 2.32. The fourth-order valence-electron chi connectivity index (χ4n) is 1.47. The van der Waals surface area contributed by atoms with Gasteiger partial charge in [-0.05, 0) is 31.4 Å². The first-order valence-corrected chi connectivity index (χ1v) is 4.74. The van der Waals surface area contributed by atoms with Crippen molar-refractivity contribution in [2.75, 3.05) is 0 Å². The van der Waals surface area contributed by atoms with E-state index in [0.717, 1.165) is 18.5 Å². The predicted octanol–water partition coefficient (Wildman–Crippen LogP) is 2.01. The molecule has 0 aliphatic heterocycles. The molecule has 0 saturated heterocycles. The van der Waals surface area contributed by atoms with E-state index in [0.29, 0.717) is 11.5 Å². The topological polar surface area (TPSA) is 63.1 Å². The lowest BCUT2D eigenvalue weighted by Crippen LogP contribution is -2.08. The summed E-state index contributed by atoms with van der Waals surface area (Å²) in [6, 6.07) is 0. The minimum absolute atomic E-state index is 0.0203. The maximum atomic E-state index is 10.8. The van der Waals surface area contributed by atoms with Gasteiger partial charge in [-0.3, -0.25) is 0 Å². The minimum Gasteiger partial charge on any atom is -0.476 e. The van der Waals surface area contributed by atoms with Crippen molar-refractivity contribution in [1.29, 1.82) is 0 Å². The first-order valence-electron chi connectivity index (χ1n) is 4.37. The highest BCUT2D eigenvalue weighted by atomic mass is 35.5. The Morgan fingerprint density at radius 2 is 2.14 bits per heavy atom. The number of aromatic nitrogens is 2. The van der Waals surface area contributed by atoms with Crippen LogP contribution in [-0.4, -0.2) is 21.0 Å². The van der Waals surface area contributed by atoms with Crippen LogP contribution in [0.2, 0.25) is 5.28 Å². The van der Waals surface area contributed by atoms with E-state index in [9.17, 15) is 4.79 Å². The molecule has 1 aliphatic rings. The normalized spacial score (nSPS) is 15.6. The van der Waals surface area contributed by atoms with E-state index in [1.54, 1.807) is 6.92 Å². The molecule has 1 saturated carbocycles. The van der Waals surface area contributed by atoms with Crippen LogP contribution in [0.15, 0.2) is 0 Å². The Bertz CT molecular complexity index is 402. The van der Waals surface area contributed by atoms with Gasteiger partial charge in [0.1, 0.15) is 0 Å². The molecule has 0 spiro atoms. The number of carbonyl (C=O) groups is 1. The Kier molecular flexibility index (Phi) is 2.15. The van der Waals surface area contributed by atoms with Gasteiger partial charge in [-0.2, -0.15) is 0 Å². The zero-order valence-corrected chi connectivity index (χ0v) is 8.38. The Labute approximate surface area is 85.9 Å². The second-order valence-electron chi connectivity index (χ2n) is 3.43. The Morgan fingerprint density at radius 3 is 2.64 bits per heavy atom. The fourth-order valence-corrected chi connectivity index (χ4v) is 1.64. The van der Waals surface area contributed by atoms with Crippen LogP contribution in [-0.2, 0) is 0 Å². The van der Waals surface area contributed by atoms with Crippen LogP contribution in [0.4, 0.5) is 0 Å². The first kappa shape index (κ1) is 9.40. The molecule has 1 aromatic heterocycles. The Hall–Kier alpha value is -1.16. The first-order chi connectivity index (χ1) is 6.59. The van der Waals surface area contributed by atoms with Crippen LogP contribution in [0.5, 0.6) is 0 Å². The smallest absolute Gasteiger partial charge is 0.354 e. The van der Waals surface area contributed by atoms with Crippen molar-refractivity contribution >= 4 is 17.6 Å². The lowest BCUT2D eigenvalue weighted by molar-refractivity contribution is 0.0689. The van der Waals surface area contributed by atoms with E-state index in [-0.39, 0.29) is 11.0 Å². The van der Waals surface area contributed by atoms with Gasteiger partial charge in [0.15, 0.2) is 5.69 Å². The zero-order valence-electron chi connectivity index (χ0n) is 7.62. The molecule has 1 fully saturated rings. The Morgan fingerprint density at radius 1 is 1.50 bits per heavy atom. The summed E-state index contributed by atoms with van der Waals surface area (Å²) >= 11 is 5.65. The molecule has 14 heavy (non-hydrogen) atoms. The summed E-state index contributed by atoms with van der Waals surface area (Å²) in [5.74, 6) is -0.665. The van der Waals surface area contributed by atoms with Crippen molar-refractivity contribution in [2.24, 2.45) is 0 Å². The van der Waals surface area contributed by atoms with E-state index >= 15 is 0 Å². The van der Waals surface area contributed by atoms with Crippen molar-refractivity contribution in [3.8, 4) is 0 Å². The van der Waals surface area contributed by atoms with Crippen LogP contribution in [0.1, 0.15) is 40.5 Å². The van der Waals surface area contributed by atoms with Gasteiger partial charge in [-0.25, -0.2) is 14.8 Å². The second-order valence-corrected chi connectivity index (χ2v) is 3.77. The molecule has 1 heterocycles. The van der Waals surface area contributed by atoms with E-state index in [4.69, 9.17) is 16.7 Å². The molecule has 0 bridgehead atoms. The minimum atomic E-state index is -1.05. The van der Waals surface area contributed by atoms with Gasteiger partial charge in [-0.15, -0.1) is 0 Å². The molecule has 1 aliphatic carbocycles. The van der Waals surface area contributed by atoms with E-state index in [1.165, 1.54) is 0 Å². The van der Waals surface area contributed by atoms with Gasteiger partial charge < -0.3 is 5.11 Å². The Balaban J connectivity index is 2.55. The van der Waals surface area contributed by atoms with Crippen molar-refractivity contribution < 1.29 is 9.90 Å². The van der Waals surface area contributed by atoms with Crippen LogP contribution in [0.25, 0.3) is 0 Å². The summed E-state index contributed by atoms with van der Waals surface area (Å²) in [4.78, 5) is 18.6. The predicted molar refractivity (Wildman–Crippen MR) is 50.7 cm³/mol. The molecule has 0 amide bonds. The molecule has 74 valence electrons. The molecule has 0 radical (unpaired) electrons. The van der Waals surface area contributed by atoms with Crippen molar-refractivity contribution in [3.63, 3.8) is 0 Å². The number of hydrogen-bond acceptors (Lipinski definition) is 3. The molecule has 1 aromatic rings. The summed E-state index contributed by atoms with van der Waals surface area (Å²) in [5, 5.41) is 8.89. The molecular formula is C9H9ClN2O2. The van der Waals surface area contributed by atoms with Crippen molar-refractivity contribution in [3.05, 3.63) is 22.2 Å². The SMILES string of the molecule is Cc1c(C(=O)O)nc(Cl)nc1C1CC1. The van der Waals surface area contributed by atoms with Gasteiger partial charge in [0, 0.05) is 11.5 Å². The maximum absolute atomic E-state index is 10.8. The average molecular weight is 213 g/mol. The molecule has 5 heteroatoms. The molecule has 2 rings (SSSR count). The van der Waals surface area contributed by atoms with Gasteiger partial charge in [0.25, 0.3) is 0 Å². The standard InChI is InChI=1S/C9H9ClN2O2/c1-4-6(5-2-3-5)11-9(10)12-7(4)8(13)14/h5H,2-3H2,1H3,(H,13,14). The molecule has 1 N–H and O–H groups in total. The number of nitrogens with zero attached hydrogens (tertiary/aromatic N) is 2. The van der Waals surface area contributed by atoms with Crippen LogP contribution in [0.3, 0.4) is 0 Å². The molecule has 0 atom stereocenters. The molecule has 0 aromatic carbocycles. The summed E-state index contributed by atoms with van der Waals surface area (Å²) in [7, 11) is 0. The maximum Gasteiger partial charge on any atom is 0.354 e. The third kappa shape index (κ3) is 1.57. The third-order valence-corrected chi connectivity index (χ3v) is 2.49. The monoisotopic (exact) mass is 212 g/mol. The number of hydrogen-bond donors (Lipinski definition) is 1. The largest absolute Gasteiger partial charge is 0.476 e. The fraction of sp³-hybridized carbons (Fsp3) is 0.444. The van der Waals surface area contributed by atoms with Gasteiger partial charge in [0.2, 0.25) is 5.28 Å². The number of rotatable bonds is 2. The lowest BCUT2D eigenvalue weighted by Gasteiger charge is -2.05. The highest BCUT2D eigenvalue weighted by Crippen LogP contribution is 2.41. The van der Waals surface area contributed by atoms with Crippen LogP contribution >= 0.6 is 11.6 Å². The van der Waals surface area contributed by atoms with Gasteiger partial charge >= 0.3 is 5.97 Å². The summed E-state index contributed by atoms with van der Waals surface area (Å²) < 4.78 is 0. The highest BCUT2D eigenvalue weighted by molar-refractivity contribution is 6.28. The number of halogens is 1. The quantitative estimate of drug-likeness (QED) is 0.762.